The minimum Gasteiger partial charge on any atom is -0.481 e. The van der Waals surface area contributed by atoms with Crippen molar-refractivity contribution in [1.82, 2.24) is 0 Å². The van der Waals surface area contributed by atoms with Crippen LogP contribution in [-0.4, -0.2) is 34.4 Å². The average molecular weight is 294 g/mol. The molecule has 7 heteroatoms. The number of aliphatic carboxylic acids is 1. The van der Waals surface area contributed by atoms with Gasteiger partial charge in [-0.3, -0.25) is 14.4 Å². The lowest BCUT2D eigenvalue weighted by Gasteiger charge is -2.17. The van der Waals surface area contributed by atoms with Gasteiger partial charge in [0.2, 0.25) is 11.8 Å². The van der Waals surface area contributed by atoms with Crippen LogP contribution in [0.25, 0.3) is 0 Å². The largest absolute Gasteiger partial charge is 0.481 e. The normalized spacial score (nSPS) is 13.3. The molecule has 2 rings (SSSR count). The van der Waals surface area contributed by atoms with Crippen LogP contribution in [0.3, 0.4) is 0 Å². The molecule has 1 aliphatic rings. The monoisotopic (exact) mass is 294 g/mol. The van der Waals surface area contributed by atoms with Gasteiger partial charge in [-0.1, -0.05) is 0 Å². The first kappa shape index (κ1) is 14.4. The molecular formula is C13H14N2O4S. The molecule has 0 unspecified atom stereocenters. The van der Waals surface area contributed by atoms with Gasteiger partial charge in [-0.15, -0.1) is 11.8 Å². The Balaban J connectivity index is 1.92. The SMILES string of the molecule is O=C(O)CSCC(=O)Nc1ccc2c(c1)CCC(=O)N2. The third-order valence-electron chi connectivity index (χ3n) is 2.74. The van der Waals surface area contributed by atoms with E-state index >= 15 is 0 Å². The van der Waals surface area contributed by atoms with Crippen LogP contribution in [0.5, 0.6) is 0 Å². The highest BCUT2D eigenvalue weighted by molar-refractivity contribution is 8.00. The van der Waals surface area contributed by atoms with E-state index in [-0.39, 0.29) is 23.3 Å². The van der Waals surface area contributed by atoms with Crippen LogP contribution in [0.15, 0.2) is 18.2 Å². The maximum atomic E-state index is 11.6. The topological polar surface area (TPSA) is 95.5 Å². The predicted molar refractivity (Wildman–Crippen MR) is 77.0 cm³/mol. The van der Waals surface area contributed by atoms with Crippen molar-refractivity contribution in [2.24, 2.45) is 0 Å². The Morgan fingerprint density at radius 2 is 2.10 bits per heavy atom. The summed E-state index contributed by atoms with van der Waals surface area (Å²) in [6.45, 7) is 0. The van der Waals surface area contributed by atoms with Crippen LogP contribution in [0.4, 0.5) is 11.4 Å². The van der Waals surface area contributed by atoms with Crippen molar-refractivity contribution >= 4 is 40.9 Å². The lowest BCUT2D eigenvalue weighted by atomic mass is 10.0. The van der Waals surface area contributed by atoms with Crippen LogP contribution in [0.2, 0.25) is 0 Å². The van der Waals surface area contributed by atoms with E-state index in [0.717, 1.165) is 23.0 Å². The van der Waals surface area contributed by atoms with Crippen LogP contribution < -0.4 is 10.6 Å². The molecule has 0 atom stereocenters. The Morgan fingerprint density at radius 3 is 2.85 bits per heavy atom. The number of rotatable bonds is 5. The second-order valence-electron chi connectivity index (χ2n) is 4.35. The molecule has 20 heavy (non-hydrogen) atoms. The van der Waals surface area contributed by atoms with Crippen molar-refractivity contribution in [2.45, 2.75) is 12.8 Å². The minimum atomic E-state index is -0.938. The van der Waals surface area contributed by atoms with Crippen LogP contribution in [0, 0.1) is 0 Å². The van der Waals surface area contributed by atoms with Crippen molar-refractivity contribution in [3.8, 4) is 0 Å². The summed E-state index contributed by atoms with van der Waals surface area (Å²) < 4.78 is 0. The maximum absolute atomic E-state index is 11.6. The smallest absolute Gasteiger partial charge is 0.313 e. The van der Waals surface area contributed by atoms with E-state index < -0.39 is 5.97 Å². The molecule has 0 spiro atoms. The number of carbonyl (C=O) groups is 3. The molecule has 0 aromatic heterocycles. The van der Waals surface area contributed by atoms with E-state index in [1.54, 1.807) is 12.1 Å². The zero-order valence-electron chi connectivity index (χ0n) is 10.6. The number of thioether (sulfide) groups is 1. The molecule has 0 saturated carbocycles. The fraction of sp³-hybridized carbons (Fsp3) is 0.308. The molecule has 0 fully saturated rings. The zero-order valence-corrected chi connectivity index (χ0v) is 11.5. The molecule has 3 N–H and O–H groups in total. The summed E-state index contributed by atoms with van der Waals surface area (Å²) in [5.41, 5.74) is 2.42. The minimum absolute atomic E-state index is 0.000596. The lowest BCUT2D eigenvalue weighted by Crippen LogP contribution is -2.20. The summed E-state index contributed by atoms with van der Waals surface area (Å²) in [6.07, 6.45) is 1.09. The molecule has 6 nitrogen and oxygen atoms in total. The highest BCUT2D eigenvalue weighted by Gasteiger charge is 2.15. The number of hydrogen-bond acceptors (Lipinski definition) is 4. The fourth-order valence-corrected chi connectivity index (χ4v) is 2.42. The van der Waals surface area contributed by atoms with Gasteiger partial charge < -0.3 is 15.7 Å². The van der Waals surface area contributed by atoms with Gasteiger partial charge >= 0.3 is 5.97 Å². The van der Waals surface area contributed by atoms with Gasteiger partial charge in [0.1, 0.15) is 0 Å². The van der Waals surface area contributed by atoms with Crippen molar-refractivity contribution < 1.29 is 19.5 Å². The van der Waals surface area contributed by atoms with E-state index in [4.69, 9.17) is 5.11 Å². The van der Waals surface area contributed by atoms with Gasteiger partial charge in [0.25, 0.3) is 0 Å². The molecule has 0 saturated heterocycles. The summed E-state index contributed by atoms with van der Waals surface area (Å²) in [6, 6.07) is 5.30. The molecule has 1 aliphatic heterocycles. The molecule has 1 aromatic rings. The summed E-state index contributed by atoms with van der Waals surface area (Å²) in [5, 5.41) is 14.0. The number of fused-ring (bicyclic) bond motifs is 1. The quantitative estimate of drug-likeness (QED) is 0.761. The molecule has 106 valence electrons. The first-order valence-electron chi connectivity index (χ1n) is 6.07. The Kier molecular flexibility index (Phi) is 4.62. The third-order valence-corrected chi connectivity index (χ3v) is 3.66. The summed E-state index contributed by atoms with van der Waals surface area (Å²) in [5.74, 6) is -1.17. The van der Waals surface area contributed by atoms with Gasteiger partial charge in [0.15, 0.2) is 0 Å². The van der Waals surface area contributed by atoms with Crippen molar-refractivity contribution in [2.75, 3.05) is 22.1 Å². The molecule has 1 heterocycles. The molecule has 1 aromatic carbocycles. The average Bonchev–Trinajstić information content (AvgIpc) is 2.38. The number of carbonyl (C=O) groups excluding carboxylic acids is 2. The van der Waals surface area contributed by atoms with Crippen molar-refractivity contribution in [3.63, 3.8) is 0 Å². The number of nitrogens with one attached hydrogen (secondary N) is 2. The zero-order chi connectivity index (χ0) is 14.5. The van der Waals surface area contributed by atoms with Crippen molar-refractivity contribution in [1.29, 1.82) is 0 Å². The van der Waals surface area contributed by atoms with Gasteiger partial charge in [-0.05, 0) is 30.2 Å². The van der Waals surface area contributed by atoms with Gasteiger partial charge in [-0.25, -0.2) is 0 Å². The molecule has 0 radical (unpaired) electrons. The number of carboxylic acid groups (broad SMARTS) is 1. The standard InChI is InChI=1S/C13H14N2O4S/c16-11-4-1-8-5-9(2-3-10(8)15-11)14-12(17)6-20-7-13(18)19/h2-3,5H,1,4,6-7H2,(H,14,17)(H,15,16)(H,18,19). The van der Waals surface area contributed by atoms with Crippen molar-refractivity contribution in [3.05, 3.63) is 23.8 Å². The highest BCUT2D eigenvalue weighted by Crippen LogP contribution is 2.25. The molecule has 2 amide bonds. The first-order valence-corrected chi connectivity index (χ1v) is 7.22. The van der Waals surface area contributed by atoms with Gasteiger partial charge in [0, 0.05) is 17.8 Å². The number of hydrogen-bond donors (Lipinski definition) is 3. The van der Waals surface area contributed by atoms with Gasteiger partial charge in [0.05, 0.1) is 11.5 Å². The van der Waals surface area contributed by atoms with Crippen LogP contribution in [0.1, 0.15) is 12.0 Å². The number of carboxylic acids is 1. The Morgan fingerprint density at radius 1 is 1.30 bits per heavy atom. The second kappa shape index (κ2) is 6.42. The number of aryl methyl sites for hydroxylation is 1. The van der Waals surface area contributed by atoms with Gasteiger partial charge in [-0.2, -0.15) is 0 Å². The lowest BCUT2D eigenvalue weighted by molar-refractivity contribution is -0.133. The molecule has 0 aliphatic carbocycles. The first-order chi connectivity index (χ1) is 9.54. The molecular weight excluding hydrogens is 280 g/mol. The maximum Gasteiger partial charge on any atom is 0.313 e. The Bertz CT molecular complexity index is 559. The fourth-order valence-electron chi connectivity index (χ4n) is 1.89. The van der Waals surface area contributed by atoms with E-state index in [2.05, 4.69) is 10.6 Å². The predicted octanol–water partition coefficient (Wildman–Crippen LogP) is 1.33. The second-order valence-corrected chi connectivity index (χ2v) is 5.34. The molecule has 0 bridgehead atoms. The highest BCUT2D eigenvalue weighted by atomic mass is 32.2. The number of benzene rings is 1. The van der Waals surface area contributed by atoms with Crippen LogP contribution >= 0.6 is 11.8 Å². The summed E-state index contributed by atoms with van der Waals surface area (Å²) >= 11 is 1.05. The van der Waals surface area contributed by atoms with E-state index in [1.807, 2.05) is 6.07 Å². The Labute approximate surface area is 119 Å². The summed E-state index contributed by atoms with van der Waals surface area (Å²) in [7, 11) is 0. The summed E-state index contributed by atoms with van der Waals surface area (Å²) in [4.78, 5) is 33.2. The van der Waals surface area contributed by atoms with Crippen LogP contribution in [-0.2, 0) is 20.8 Å². The van der Waals surface area contributed by atoms with E-state index in [0.29, 0.717) is 18.5 Å². The number of amides is 2. The van der Waals surface area contributed by atoms with E-state index in [1.165, 1.54) is 0 Å². The Hall–Kier alpha value is -2.02. The third kappa shape index (κ3) is 3.99. The number of anilines is 2. The van der Waals surface area contributed by atoms with E-state index in [9.17, 15) is 14.4 Å².